The van der Waals surface area contributed by atoms with Gasteiger partial charge < -0.3 is 20.4 Å². The Morgan fingerprint density at radius 1 is 1.06 bits per heavy atom. The maximum atomic E-state index is 12.9. The number of rotatable bonds is 9. The standard InChI is InChI=1S/C26H26N4O3/c1-18(31)30-25(14-20-16-28-24-11-3-2-10-23(20)24)26(32)29-15-19-7-6-9-22(13-19)33-17-21-8-4-5-12-27-21/h2-13,16,25,28H,14-15,17H2,1H3,(H,29,32)(H,30,31). The second-order valence-corrected chi connectivity index (χ2v) is 7.79. The first-order chi connectivity index (χ1) is 16.1. The van der Waals surface area contributed by atoms with E-state index in [1.54, 1.807) is 6.20 Å². The molecule has 1 unspecified atom stereocenters. The van der Waals surface area contributed by atoms with Crippen molar-refractivity contribution in [2.24, 2.45) is 0 Å². The number of carbonyl (C=O) groups excluding carboxylic acids is 2. The molecule has 2 aromatic heterocycles. The minimum absolute atomic E-state index is 0.240. The van der Waals surface area contributed by atoms with Crippen LogP contribution in [-0.4, -0.2) is 27.8 Å². The Morgan fingerprint density at radius 3 is 2.73 bits per heavy atom. The second kappa shape index (κ2) is 10.5. The van der Waals surface area contributed by atoms with E-state index in [0.29, 0.717) is 25.3 Å². The zero-order valence-electron chi connectivity index (χ0n) is 18.4. The van der Waals surface area contributed by atoms with Crippen LogP contribution in [0.2, 0.25) is 0 Å². The molecule has 0 saturated carbocycles. The van der Waals surface area contributed by atoms with Crippen molar-refractivity contribution in [3.8, 4) is 5.75 Å². The minimum Gasteiger partial charge on any atom is -0.487 e. The van der Waals surface area contributed by atoms with E-state index in [1.807, 2.05) is 72.9 Å². The maximum Gasteiger partial charge on any atom is 0.243 e. The van der Waals surface area contributed by atoms with Gasteiger partial charge in [-0.2, -0.15) is 0 Å². The number of benzene rings is 2. The molecule has 1 atom stereocenters. The number of pyridine rings is 1. The first-order valence-corrected chi connectivity index (χ1v) is 10.8. The number of H-pyrrole nitrogens is 1. The molecule has 7 heteroatoms. The Balaban J connectivity index is 1.38. The average molecular weight is 443 g/mol. The van der Waals surface area contributed by atoms with E-state index in [0.717, 1.165) is 27.7 Å². The van der Waals surface area contributed by atoms with Crippen LogP contribution in [0, 0.1) is 0 Å². The SMILES string of the molecule is CC(=O)NC(Cc1c[nH]c2ccccc12)C(=O)NCc1cccc(OCc2ccccn2)c1. The molecule has 2 aromatic carbocycles. The van der Waals surface area contributed by atoms with Gasteiger partial charge in [-0.1, -0.05) is 36.4 Å². The summed E-state index contributed by atoms with van der Waals surface area (Å²) in [5.41, 5.74) is 3.71. The molecule has 4 aromatic rings. The van der Waals surface area contributed by atoms with E-state index in [4.69, 9.17) is 4.74 Å². The Bertz CT molecular complexity index is 1240. The average Bonchev–Trinajstić information content (AvgIpc) is 3.24. The Hall–Kier alpha value is -4.13. The summed E-state index contributed by atoms with van der Waals surface area (Å²) in [5, 5.41) is 6.75. The van der Waals surface area contributed by atoms with E-state index in [-0.39, 0.29) is 11.8 Å². The van der Waals surface area contributed by atoms with Crippen molar-refractivity contribution in [1.29, 1.82) is 0 Å². The van der Waals surface area contributed by atoms with Crippen molar-refractivity contribution in [1.82, 2.24) is 20.6 Å². The van der Waals surface area contributed by atoms with Gasteiger partial charge in [-0.15, -0.1) is 0 Å². The van der Waals surface area contributed by atoms with Crippen LogP contribution in [-0.2, 0) is 29.2 Å². The van der Waals surface area contributed by atoms with Crippen LogP contribution in [0.15, 0.2) is 79.1 Å². The summed E-state index contributed by atoms with van der Waals surface area (Å²) in [6.07, 6.45) is 4.00. The number of nitrogens with zero attached hydrogens (tertiary/aromatic N) is 1. The Morgan fingerprint density at radius 2 is 1.91 bits per heavy atom. The topological polar surface area (TPSA) is 96.1 Å². The van der Waals surface area contributed by atoms with Crippen molar-refractivity contribution >= 4 is 22.7 Å². The second-order valence-electron chi connectivity index (χ2n) is 7.79. The number of para-hydroxylation sites is 1. The van der Waals surface area contributed by atoms with Crippen LogP contribution < -0.4 is 15.4 Å². The fourth-order valence-corrected chi connectivity index (χ4v) is 3.67. The van der Waals surface area contributed by atoms with Crippen molar-refractivity contribution in [2.45, 2.75) is 32.5 Å². The molecule has 2 amide bonds. The predicted octanol–water partition coefficient (Wildman–Crippen LogP) is 3.51. The van der Waals surface area contributed by atoms with Crippen LogP contribution in [0.3, 0.4) is 0 Å². The highest BCUT2D eigenvalue weighted by molar-refractivity contribution is 5.89. The van der Waals surface area contributed by atoms with Crippen molar-refractivity contribution < 1.29 is 14.3 Å². The highest BCUT2D eigenvalue weighted by Crippen LogP contribution is 2.19. The van der Waals surface area contributed by atoms with Crippen molar-refractivity contribution in [3.63, 3.8) is 0 Å². The van der Waals surface area contributed by atoms with Gasteiger partial charge in [0.1, 0.15) is 18.4 Å². The first-order valence-electron chi connectivity index (χ1n) is 10.8. The molecule has 168 valence electrons. The summed E-state index contributed by atoms with van der Waals surface area (Å²) in [5.74, 6) is 0.208. The van der Waals surface area contributed by atoms with Crippen molar-refractivity contribution in [2.75, 3.05) is 0 Å². The number of hydrogen-bond donors (Lipinski definition) is 3. The summed E-state index contributed by atoms with van der Waals surface area (Å²) in [6, 6.07) is 20.4. The molecule has 0 spiro atoms. The maximum absolute atomic E-state index is 12.9. The van der Waals surface area contributed by atoms with Gasteiger partial charge in [-0.25, -0.2) is 0 Å². The van der Waals surface area contributed by atoms with Crippen LogP contribution in [0.5, 0.6) is 5.75 Å². The Labute approximate surface area is 192 Å². The van der Waals surface area contributed by atoms with Crippen LogP contribution in [0.4, 0.5) is 0 Å². The number of aromatic amines is 1. The zero-order valence-corrected chi connectivity index (χ0v) is 18.4. The van der Waals surface area contributed by atoms with E-state index >= 15 is 0 Å². The molecule has 0 aliphatic heterocycles. The minimum atomic E-state index is -0.676. The fourth-order valence-electron chi connectivity index (χ4n) is 3.67. The molecule has 0 radical (unpaired) electrons. The number of aromatic nitrogens is 2. The number of nitrogens with one attached hydrogen (secondary N) is 3. The van der Waals surface area contributed by atoms with Gasteiger partial charge in [0.05, 0.1) is 5.69 Å². The smallest absolute Gasteiger partial charge is 0.243 e. The third kappa shape index (κ3) is 5.98. The molecular weight excluding hydrogens is 416 g/mol. The predicted molar refractivity (Wildman–Crippen MR) is 126 cm³/mol. The molecule has 4 rings (SSSR count). The lowest BCUT2D eigenvalue weighted by Crippen LogP contribution is -2.47. The largest absolute Gasteiger partial charge is 0.487 e. The molecule has 7 nitrogen and oxygen atoms in total. The molecule has 0 fully saturated rings. The van der Waals surface area contributed by atoms with E-state index in [1.165, 1.54) is 6.92 Å². The number of amides is 2. The lowest BCUT2D eigenvalue weighted by atomic mass is 10.0. The molecule has 0 aliphatic carbocycles. The molecular formula is C26H26N4O3. The van der Waals surface area contributed by atoms with Gasteiger partial charge >= 0.3 is 0 Å². The quantitative estimate of drug-likeness (QED) is 0.370. The number of ether oxygens (including phenoxy) is 1. The summed E-state index contributed by atoms with van der Waals surface area (Å²) < 4.78 is 5.81. The van der Waals surface area contributed by atoms with Gasteiger partial charge in [0, 0.05) is 43.2 Å². The molecule has 0 saturated heterocycles. The third-order valence-electron chi connectivity index (χ3n) is 5.27. The van der Waals surface area contributed by atoms with E-state index in [9.17, 15) is 9.59 Å². The van der Waals surface area contributed by atoms with Crippen LogP contribution >= 0.6 is 0 Å². The molecule has 0 bridgehead atoms. The molecule has 33 heavy (non-hydrogen) atoms. The van der Waals surface area contributed by atoms with Crippen molar-refractivity contribution in [3.05, 3.63) is 95.9 Å². The lowest BCUT2D eigenvalue weighted by molar-refractivity contribution is -0.128. The summed E-state index contributed by atoms with van der Waals surface area (Å²) in [4.78, 5) is 32.1. The highest BCUT2D eigenvalue weighted by atomic mass is 16.5. The summed E-state index contributed by atoms with van der Waals surface area (Å²) in [7, 11) is 0. The highest BCUT2D eigenvalue weighted by Gasteiger charge is 2.21. The monoisotopic (exact) mass is 442 g/mol. The van der Waals surface area contributed by atoms with Crippen LogP contribution in [0.1, 0.15) is 23.7 Å². The van der Waals surface area contributed by atoms with Gasteiger partial charge in [-0.05, 0) is 41.5 Å². The molecule has 0 aliphatic rings. The number of carbonyl (C=O) groups is 2. The Kier molecular flexibility index (Phi) is 6.99. The van der Waals surface area contributed by atoms with Gasteiger partial charge in [0.2, 0.25) is 11.8 Å². The summed E-state index contributed by atoms with van der Waals surface area (Å²) >= 11 is 0. The normalized spacial score (nSPS) is 11.7. The van der Waals surface area contributed by atoms with E-state index in [2.05, 4.69) is 20.6 Å². The number of hydrogen-bond acceptors (Lipinski definition) is 4. The fraction of sp³-hybridized carbons (Fsp3) is 0.192. The van der Waals surface area contributed by atoms with Gasteiger partial charge in [-0.3, -0.25) is 14.6 Å². The zero-order chi connectivity index (χ0) is 23.0. The molecule has 2 heterocycles. The van der Waals surface area contributed by atoms with E-state index < -0.39 is 6.04 Å². The number of fused-ring (bicyclic) bond motifs is 1. The van der Waals surface area contributed by atoms with Crippen LogP contribution in [0.25, 0.3) is 10.9 Å². The summed E-state index contributed by atoms with van der Waals surface area (Å²) in [6.45, 7) is 2.10. The molecule has 3 N–H and O–H groups in total. The third-order valence-corrected chi connectivity index (χ3v) is 5.27. The first kappa shape index (κ1) is 22.1. The van der Waals surface area contributed by atoms with Gasteiger partial charge in [0.15, 0.2) is 0 Å². The van der Waals surface area contributed by atoms with Gasteiger partial charge in [0.25, 0.3) is 0 Å². The lowest BCUT2D eigenvalue weighted by Gasteiger charge is -2.18.